The molecule has 2 aromatic carbocycles. The van der Waals surface area contributed by atoms with Crippen LogP contribution in [-0.2, 0) is 14.3 Å². The molecule has 1 aliphatic heterocycles. The topological polar surface area (TPSA) is 72.9 Å². The minimum atomic E-state index is -0.933. The number of amides is 1. The van der Waals surface area contributed by atoms with Crippen LogP contribution in [-0.4, -0.2) is 37.4 Å². The fourth-order valence-electron chi connectivity index (χ4n) is 3.78. The minimum absolute atomic E-state index is 0.0805. The van der Waals surface area contributed by atoms with Crippen molar-refractivity contribution in [2.75, 3.05) is 18.6 Å². The average Bonchev–Trinajstić information content (AvgIpc) is 3.19. The van der Waals surface area contributed by atoms with Crippen LogP contribution < -0.4 is 9.64 Å². The lowest BCUT2D eigenvalue weighted by molar-refractivity contribution is -0.151. The van der Waals surface area contributed by atoms with Gasteiger partial charge in [0, 0.05) is 24.2 Å². The third-order valence-electron chi connectivity index (χ3n) is 5.87. The molecule has 3 rings (SSSR count). The van der Waals surface area contributed by atoms with Crippen molar-refractivity contribution in [3.05, 3.63) is 59.7 Å². The molecule has 6 nitrogen and oxygen atoms in total. The van der Waals surface area contributed by atoms with Gasteiger partial charge in [-0.25, -0.2) is 0 Å². The maximum atomic E-state index is 12.7. The molecule has 0 bridgehead atoms. The summed E-state index contributed by atoms with van der Waals surface area (Å²) in [6, 6.07) is 14.4. The first-order chi connectivity index (χ1) is 14.8. The number of hydrogen-bond acceptors (Lipinski definition) is 5. The van der Waals surface area contributed by atoms with Gasteiger partial charge in [0.2, 0.25) is 11.7 Å². The van der Waals surface area contributed by atoms with Gasteiger partial charge in [-0.05, 0) is 55.2 Å². The quantitative estimate of drug-likeness (QED) is 0.465. The van der Waals surface area contributed by atoms with Crippen molar-refractivity contribution in [1.82, 2.24) is 0 Å². The zero-order valence-electron chi connectivity index (χ0n) is 18.5. The second kappa shape index (κ2) is 9.77. The summed E-state index contributed by atoms with van der Waals surface area (Å²) in [5.74, 6) is -0.568. The van der Waals surface area contributed by atoms with Gasteiger partial charge in [-0.15, -0.1) is 0 Å². The lowest BCUT2D eigenvalue weighted by Gasteiger charge is -2.23. The molecule has 0 saturated carbocycles. The number of ketones is 1. The molecule has 1 amide bonds. The molecule has 0 spiro atoms. The number of ether oxygens (including phenoxy) is 2. The van der Waals surface area contributed by atoms with E-state index in [2.05, 4.69) is 13.8 Å². The number of carbonyl (C=O) groups is 3. The van der Waals surface area contributed by atoms with Crippen molar-refractivity contribution in [1.29, 1.82) is 0 Å². The number of esters is 1. The summed E-state index contributed by atoms with van der Waals surface area (Å²) < 4.78 is 10.5. The first-order valence-electron chi connectivity index (χ1n) is 10.6. The highest BCUT2D eigenvalue weighted by atomic mass is 16.5. The van der Waals surface area contributed by atoms with Crippen molar-refractivity contribution in [2.24, 2.45) is 5.92 Å². The second-order valence-electron chi connectivity index (χ2n) is 7.95. The summed E-state index contributed by atoms with van der Waals surface area (Å²) in [5.41, 5.74) is 2.38. The van der Waals surface area contributed by atoms with Crippen LogP contribution in [0.2, 0.25) is 0 Å². The van der Waals surface area contributed by atoms with Crippen LogP contribution in [0.25, 0.3) is 0 Å². The van der Waals surface area contributed by atoms with Gasteiger partial charge in [0.05, 0.1) is 13.0 Å². The summed E-state index contributed by atoms with van der Waals surface area (Å²) in [6.07, 6.45) is 0.101. The number of para-hydroxylation sites is 1. The highest BCUT2D eigenvalue weighted by Crippen LogP contribution is 2.33. The van der Waals surface area contributed by atoms with Crippen LogP contribution in [0.3, 0.4) is 0 Å². The van der Waals surface area contributed by atoms with Crippen molar-refractivity contribution in [2.45, 2.75) is 45.6 Å². The number of carbonyl (C=O) groups excluding carboxylic acids is 3. The predicted molar refractivity (Wildman–Crippen MR) is 118 cm³/mol. The second-order valence-corrected chi connectivity index (χ2v) is 7.95. The third kappa shape index (κ3) is 4.95. The lowest BCUT2D eigenvalue weighted by atomic mass is 9.96. The molecule has 0 N–H and O–H groups in total. The molecule has 31 heavy (non-hydrogen) atoms. The minimum Gasteiger partial charge on any atom is -0.497 e. The molecule has 0 unspecified atom stereocenters. The Morgan fingerprint density at radius 3 is 2.42 bits per heavy atom. The number of nitrogens with zero attached hydrogens (tertiary/aromatic N) is 1. The highest BCUT2D eigenvalue weighted by molar-refractivity contribution is 6.02. The SMILES string of the molecule is CC[C@@H](C)c1ccccc1N1C[C@@H](C(=O)O[C@@H](C)C(=O)c2ccc(OC)cc2)CC1=O. The molecule has 1 saturated heterocycles. The van der Waals surface area contributed by atoms with Gasteiger partial charge in [0.1, 0.15) is 5.75 Å². The van der Waals surface area contributed by atoms with Crippen molar-refractivity contribution < 1.29 is 23.9 Å². The number of benzene rings is 2. The van der Waals surface area contributed by atoms with Gasteiger partial charge in [-0.3, -0.25) is 14.4 Å². The van der Waals surface area contributed by atoms with E-state index in [1.807, 2.05) is 24.3 Å². The van der Waals surface area contributed by atoms with E-state index >= 15 is 0 Å². The summed E-state index contributed by atoms with van der Waals surface area (Å²) in [4.78, 5) is 39.7. The molecular formula is C25H29NO5. The van der Waals surface area contributed by atoms with Gasteiger partial charge in [0.25, 0.3) is 0 Å². The van der Waals surface area contributed by atoms with Crippen LogP contribution >= 0.6 is 0 Å². The Morgan fingerprint density at radius 1 is 1.10 bits per heavy atom. The molecule has 0 aliphatic carbocycles. The average molecular weight is 424 g/mol. The molecular weight excluding hydrogens is 394 g/mol. The van der Waals surface area contributed by atoms with Gasteiger partial charge in [0.15, 0.2) is 6.10 Å². The first-order valence-corrected chi connectivity index (χ1v) is 10.6. The van der Waals surface area contributed by atoms with Crippen LogP contribution in [0.5, 0.6) is 5.75 Å². The molecule has 1 heterocycles. The van der Waals surface area contributed by atoms with E-state index in [-0.39, 0.29) is 24.7 Å². The van der Waals surface area contributed by atoms with E-state index in [1.165, 1.54) is 0 Å². The van der Waals surface area contributed by atoms with E-state index < -0.39 is 18.0 Å². The fourth-order valence-corrected chi connectivity index (χ4v) is 3.78. The summed E-state index contributed by atoms with van der Waals surface area (Å²) in [5, 5.41) is 0. The molecule has 164 valence electrons. The third-order valence-corrected chi connectivity index (χ3v) is 5.87. The van der Waals surface area contributed by atoms with E-state index in [4.69, 9.17) is 9.47 Å². The maximum absolute atomic E-state index is 12.7. The number of rotatable bonds is 8. The molecule has 3 atom stereocenters. The number of methoxy groups -OCH3 is 1. The first kappa shape index (κ1) is 22.5. The predicted octanol–water partition coefficient (Wildman–Crippen LogP) is 4.38. The number of hydrogen-bond donors (Lipinski definition) is 0. The summed E-state index contributed by atoms with van der Waals surface area (Å²) in [7, 11) is 1.55. The van der Waals surface area contributed by atoms with Gasteiger partial charge in [-0.2, -0.15) is 0 Å². The summed E-state index contributed by atoms with van der Waals surface area (Å²) >= 11 is 0. The van der Waals surface area contributed by atoms with Crippen LogP contribution in [0.4, 0.5) is 5.69 Å². The zero-order valence-corrected chi connectivity index (χ0v) is 18.5. The van der Waals surface area contributed by atoms with E-state index in [0.29, 0.717) is 17.2 Å². The Bertz CT molecular complexity index is 953. The normalized spacial score (nSPS) is 17.9. The van der Waals surface area contributed by atoms with Gasteiger partial charge in [-0.1, -0.05) is 32.0 Å². The van der Waals surface area contributed by atoms with Crippen LogP contribution in [0.15, 0.2) is 48.5 Å². The smallest absolute Gasteiger partial charge is 0.312 e. The van der Waals surface area contributed by atoms with Crippen molar-refractivity contribution >= 4 is 23.3 Å². The Hall–Kier alpha value is -3.15. The molecule has 0 radical (unpaired) electrons. The molecule has 1 fully saturated rings. The summed E-state index contributed by atoms with van der Waals surface area (Å²) in [6.45, 7) is 6.04. The van der Waals surface area contributed by atoms with Gasteiger partial charge >= 0.3 is 5.97 Å². The molecule has 6 heteroatoms. The standard InChI is InChI=1S/C25H29NO5/c1-5-16(2)21-8-6-7-9-22(21)26-15-19(14-23(26)27)25(29)31-17(3)24(28)18-10-12-20(30-4)13-11-18/h6-13,16-17,19H,5,14-15H2,1-4H3/t16-,17+,19+/m1/s1. The lowest BCUT2D eigenvalue weighted by Crippen LogP contribution is -2.30. The van der Waals surface area contributed by atoms with Crippen molar-refractivity contribution in [3.63, 3.8) is 0 Å². The molecule has 0 aromatic heterocycles. The van der Waals surface area contributed by atoms with Crippen LogP contribution in [0.1, 0.15) is 55.5 Å². The Balaban J connectivity index is 1.67. The van der Waals surface area contributed by atoms with Crippen LogP contribution in [0, 0.1) is 5.92 Å². The Kier molecular flexibility index (Phi) is 7.10. The Labute approximate surface area is 183 Å². The largest absolute Gasteiger partial charge is 0.497 e. The zero-order chi connectivity index (χ0) is 22.5. The van der Waals surface area contributed by atoms with Gasteiger partial charge < -0.3 is 14.4 Å². The van der Waals surface area contributed by atoms with E-state index in [0.717, 1.165) is 17.7 Å². The van der Waals surface area contributed by atoms with E-state index in [1.54, 1.807) is 43.2 Å². The monoisotopic (exact) mass is 423 g/mol. The number of Topliss-reactive ketones (excluding diaryl/α,β-unsaturated/α-hetero) is 1. The Morgan fingerprint density at radius 2 is 1.77 bits per heavy atom. The molecule has 1 aliphatic rings. The van der Waals surface area contributed by atoms with Crippen molar-refractivity contribution in [3.8, 4) is 5.75 Å². The molecule has 2 aromatic rings. The van der Waals surface area contributed by atoms with E-state index in [9.17, 15) is 14.4 Å². The fraction of sp³-hybridized carbons (Fsp3) is 0.400. The highest BCUT2D eigenvalue weighted by Gasteiger charge is 2.38. The number of anilines is 1. The maximum Gasteiger partial charge on any atom is 0.312 e.